The Morgan fingerprint density at radius 2 is 1.94 bits per heavy atom. The van der Waals surface area contributed by atoms with Crippen molar-refractivity contribution in [1.82, 2.24) is 5.32 Å². The fourth-order valence-electron chi connectivity index (χ4n) is 1.78. The Morgan fingerprint density at radius 1 is 1.33 bits per heavy atom. The van der Waals surface area contributed by atoms with E-state index < -0.39 is 6.10 Å². The van der Waals surface area contributed by atoms with Gasteiger partial charge in [0.15, 0.2) is 0 Å². The summed E-state index contributed by atoms with van der Waals surface area (Å²) in [5.41, 5.74) is 1.88. The Hall–Kier alpha value is -1.55. The summed E-state index contributed by atoms with van der Waals surface area (Å²) in [6, 6.07) is 7.65. The van der Waals surface area contributed by atoms with Crippen molar-refractivity contribution in [2.75, 3.05) is 24.5 Å². The van der Waals surface area contributed by atoms with Crippen LogP contribution >= 0.6 is 0 Å². The Morgan fingerprint density at radius 3 is 2.39 bits per heavy atom. The third-order valence-electron chi connectivity index (χ3n) is 2.83. The lowest BCUT2D eigenvalue weighted by molar-refractivity contribution is -0.119. The summed E-state index contributed by atoms with van der Waals surface area (Å²) in [5.74, 6) is 0.0268. The van der Waals surface area contributed by atoms with Crippen LogP contribution < -0.4 is 10.2 Å². The zero-order valence-corrected chi connectivity index (χ0v) is 11.3. The number of rotatable bonds is 6. The van der Waals surface area contributed by atoms with Gasteiger partial charge in [-0.15, -0.1) is 0 Å². The van der Waals surface area contributed by atoms with Gasteiger partial charge in [-0.1, -0.05) is 12.1 Å². The van der Waals surface area contributed by atoms with E-state index in [0.717, 1.165) is 17.8 Å². The van der Waals surface area contributed by atoms with E-state index in [2.05, 4.69) is 5.32 Å². The molecule has 4 heteroatoms. The molecular formula is C14H22N2O2. The Kier molecular flexibility index (Phi) is 5.65. The lowest BCUT2D eigenvalue weighted by Crippen LogP contribution is -2.37. The number of aliphatic hydroxyl groups excluding tert-OH is 1. The Bertz CT molecular complexity index is 374. The summed E-state index contributed by atoms with van der Waals surface area (Å²) in [6.07, 6.45) is -0.461. The molecule has 0 radical (unpaired) electrons. The molecule has 18 heavy (non-hydrogen) atoms. The summed E-state index contributed by atoms with van der Waals surface area (Å²) >= 11 is 0. The quantitative estimate of drug-likeness (QED) is 0.808. The van der Waals surface area contributed by atoms with Crippen molar-refractivity contribution in [2.45, 2.75) is 26.9 Å². The average molecular weight is 250 g/mol. The molecule has 2 N–H and O–H groups in total. The number of likely N-dealkylation sites (N-methyl/N-ethyl adjacent to an activating group) is 2. The van der Waals surface area contributed by atoms with Gasteiger partial charge < -0.3 is 15.3 Å². The molecule has 0 saturated heterocycles. The Labute approximate surface area is 109 Å². The zero-order valence-electron chi connectivity index (χ0n) is 11.3. The van der Waals surface area contributed by atoms with Crippen molar-refractivity contribution in [3.63, 3.8) is 0 Å². The summed E-state index contributed by atoms with van der Waals surface area (Å²) in [7, 11) is 0. The second kappa shape index (κ2) is 7.01. The van der Waals surface area contributed by atoms with Gasteiger partial charge >= 0.3 is 0 Å². The van der Waals surface area contributed by atoms with Crippen molar-refractivity contribution < 1.29 is 9.90 Å². The number of nitrogens with one attached hydrogen (secondary N) is 1. The number of aliphatic hydroxyl groups is 1. The van der Waals surface area contributed by atoms with Crippen LogP contribution in [0, 0.1) is 0 Å². The van der Waals surface area contributed by atoms with Gasteiger partial charge in [0, 0.05) is 18.8 Å². The summed E-state index contributed by atoms with van der Waals surface area (Å²) < 4.78 is 0. The van der Waals surface area contributed by atoms with Gasteiger partial charge in [0.2, 0.25) is 5.91 Å². The molecular weight excluding hydrogens is 228 g/mol. The number of nitrogens with zero attached hydrogens (tertiary/aromatic N) is 1. The maximum absolute atomic E-state index is 11.6. The van der Waals surface area contributed by atoms with E-state index in [0.29, 0.717) is 13.1 Å². The van der Waals surface area contributed by atoms with Gasteiger partial charge in [0.1, 0.15) is 0 Å². The molecule has 0 aliphatic heterocycles. The van der Waals surface area contributed by atoms with Gasteiger partial charge in [-0.25, -0.2) is 0 Å². The van der Waals surface area contributed by atoms with Crippen molar-refractivity contribution in [2.24, 2.45) is 0 Å². The molecule has 0 heterocycles. The average Bonchev–Trinajstić information content (AvgIpc) is 2.36. The standard InChI is InChI=1S/C14H22N2O2/c1-4-15-14(18)10-16(5-2)13-8-6-12(7-9-13)11(3)17/h6-9,11,17H,4-5,10H2,1-3H3,(H,15,18)/t11-/m1/s1. The molecule has 0 fully saturated rings. The van der Waals surface area contributed by atoms with Gasteiger partial charge in [-0.05, 0) is 38.5 Å². The van der Waals surface area contributed by atoms with Crippen LogP contribution in [0.2, 0.25) is 0 Å². The van der Waals surface area contributed by atoms with Crippen molar-refractivity contribution in [3.8, 4) is 0 Å². The highest BCUT2D eigenvalue weighted by molar-refractivity contribution is 5.81. The van der Waals surface area contributed by atoms with Gasteiger partial charge in [-0.2, -0.15) is 0 Å². The lowest BCUT2D eigenvalue weighted by Gasteiger charge is -2.22. The van der Waals surface area contributed by atoms with Crippen LogP contribution in [-0.4, -0.2) is 30.6 Å². The zero-order chi connectivity index (χ0) is 13.5. The van der Waals surface area contributed by atoms with Crippen LogP contribution in [0.3, 0.4) is 0 Å². The molecule has 0 unspecified atom stereocenters. The van der Waals surface area contributed by atoms with Crippen LogP contribution in [0.25, 0.3) is 0 Å². The summed E-state index contributed by atoms with van der Waals surface area (Å²) in [4.78, 5) is 13.6. The number of carbonyl (C=O) groups is 1. The SMILES string of the molecule is CCNC(=O)CN(CC)c1ccc([C@@H](C)O)cc1. The monoisotopic (exact) mass is 250 g/mol. The predicted octanol–water partition coefficient (Wildman–Crippen LogP) is 1.70. The van der Waals surface area contributed by atoms with Gasteiger partial charge in [-0.3, -0.25) is 4.79 Å². The van der Waals surface area contributed by atoms with Crippen LogP contribution in [0.4, 0.5) is 5.69 Å². The molecule has 0 aliphatic carbocycles. The number of hydrogen-bond acceptors (Lipinski definition) is 3. The highest BCUT2D eigenvalue weighted by Gasteiger charge is 2.09. The van der Waals surface area contributed by atoms with Crippen molar-refractivity contribution in [1.29, 1.82) is 0 Å². The number of carbonyl (C=O) groups excluding carboxylic acids is 1. The molecule has 100 valence electrons. The molecule has 1 aromatic carbocycles. The highest BCUT2D eigenvalue weighted by atomic mass is 16.3. The molecule has 0 spiro atoms. The first-order chi connectivity index (χ1) is 8.58. The van der Waals surface area contributed by atoms with Crippen molar-refractivity contribution in [3.05, 3.63) is 29.8 Å². The van der Waals surface area contributed by atoms with Gasteiger partial charge in [0.05, 0.1) is 12.6 Å². The van der Waals surface area contributed by atoms with Crippen LogP contribution in [0.5, 0.6) is 0 Å². The first kappa shape index (κ1) is 14.5. The van der Waals surface area contributed by atoms with Crippen LogP contribution in [-0.2, 0) is 4.79 Å². The fraction of sp³-hybridized carbons (Fsp3) is 0.500. The van der Waals surface area contributed by atoms with E-state index in [1.54, 1.807) is 6.92 Å². The maximum Gasteiger partial charge on any atom is 0.239 e. The fourth-order valence-corrected chi connectivity index (χ4v) is 1.78. The number of hydrogen-bond donors (Lipinski definition) is 2. The van der Waals surface area contributed by atoms with E-state index in [9.17, 15) is 9.90 Å². The molecule has 0 bridgehead atoms. The molecule has 1 amide bonds. The summed E-state index contributed by atoms with van der Waals surface area (Å²) in [6.45, 7) is 7.44. The number of benzene rings is 1. The van der Waals surface area contributed by atoms with Gasteiger partial charge in [0.25, 0.3) is 0 Å². The molecule has 4 nitrogen and oxygen atoms in total. The van der Waals surface area contributed by atoms with E-state index in [1.165, 1.54) is 0 Å². The van der Waals surface area contributed by atoms with Crippen LogP contribution in [0.1, 0.15) is 32.4 Å². The minimum absolute atomic E-state index is 0.0268. The third-order valence-corrected chi connectivity index (χ3v) is 2.83. The molecule has 1 rings (SSSR count). The molecule has 0 aromatic heterocycles. The van der Waals surface area contributed by atoms with E-state index >= 15 is 0 Å². The molecule has 0 aliphatic rings. The predicted molar refractivity (Wildman–Crippen MR) is 73.6 cm³/mol. The highest BCUT2D eigenvalue weighted by Crippen LogP contribution is 2.18. The second-order valence-electron chi connectivity index (χ2n) is 4.24. The maximum atomic E-state index is 11.6. The third kappa shape index (κ3) is 4.04. The van der Waals surface area contributed by atoms with E-state index in [-0.39, 0.29) is 5.91 Å². The van der Waals surface area contributed by atoms with Crippen LogP contribution in [0.15, 0.2) is 24.3 Å². The summed E-state index contributed by atoms with van der Waals surface area (Å²) in [5, 5.41) is 12.2. The Balaban J connectivity index is 2.73. The largest absolute Gasteiger partial charge is 0.389 e. The second-order valence-corrected chi connectivity index (χ2v) is 4.24. The minimum atomic E-state index is -0.461. The normalized spacial score (nSPS) is 12.0. The van der Waals surface area contributed by atoms with E-state index in [1.807, 2.05) is 43.0 Å². The number of amides is 1. The smallest absolute Gasteiger partial charge is 0.239 e. The molecule has 0 saturated carbocycles. The lowest BCUT2D eigenvalue weighted by atomic mass is 10.1. The van der Waals surface area contributed by atoms with Crippen molar-refractivity contribution >= 4 is 11.6 Å². The molecule has 1 aromatic rings. The van der Waals surface area contributed by atoms with E-state index in [4.69, 9.17) is 0 Å². The topological polar surface area (TPSA) is 52.6 Å². The minimum Gasteiger partial charge on any atom is -0.389 e. The number of anilines is 1. The first-order valence-electron chi connectivity index (χ1n) is 6.38. The first-order valence-corrected chi connectivity index (χ1v) is 6.38. The molecule has 1 atom stereocenters.